The molecule has 90 valence electrons. The molecule has 0 aromatic rings. The summed E-state index contributed by atoms with van der Waals surface area (Å²) in [6.45, 7) is 0. The van der Waals surface area contributed by atoms with Crippen LogP contribution in [-0.2, 0) is 9.88 Å². The van der Waals surface area contributed by atoms with Gasteiger partial charge in [-0.05, 0) is 0 Å². The van der Waals surface area contributed by atoms with E-state index in [9.17, 15) is 20.8 Å². The average Bonchev–Trinajstić information content (AvgIpc) is 2.28. The van der Waals surface area contributed by atoms with Crippen molar-refractivity contribution >= 4 is 12.1 Å². The zero-order chi connectivity index (χ0) is 10.7. The molecule has 4 unspecified atom stereocenters. The molecule has 4 atom stereocenters. The Kier molecular flexibility index (Phi) is 6.44. The summed E-state index contributed by atoms with van der Waals surface area (Å²) >= 11 is -4.16. The minimum atomic E-state index is -2.14. The molecule has 0 aromatic carbocycles. The summed E-state index contributed by atoms with van der Waals surface area (Å²) in [5.74, 6) is 0. The molecular formula is CH7I3N4O6-2. The van der Waals surface area contributed by atoms with Crippen LogP contribution in [0.3, 0.4) is 0 Å². The van der Waals surface area contributed by atoms with Crippen LogP contribution in [0.5, 0.6) is 0 Å². The molecule has 0 amide bonds. The summed E-state index contributed by atoms with van der Waals surface area (Å²) in [6, 6.07) is 0. The maximum atomic E-state index is 11.0. The summed E-state index contributed by atoms with van der Waals surface area (Å²) < 4.78 is -1.55. The molecule has 1 saturated heterocycles. The number of halogens is 3. The third-order valence-corrected chi connectivity index (χ3v) is 31.1. The number of rotatable bonds is 4. The predicted octanol–water partition coefficient (Wildman–Crippen LogP) is -11.9. The van der Waals surface area contributed by atoms with Gasteiger partial charge in [-0.25, -0.2) is 0 Å². The van der Waals surface area contributed by atoms with Gasteiger partial charge in [0.1, 0.15) is 0 Å². The Balaban J connectivity index is 2.29. The van der Waals surface area contributed by atoms with Crippen molar-refractivity contribution in [2.45, 2.75) is 0 Å². The first-order valence-corrected chi connectivity index (χ1v) is 18.8. The standard InChI is InChI=1S/CH7I3N4O6/c1-5(9)13-6(10)2-4-3-7(11)14-8(4)12/h5-8H,1H3/q-2. The van der Waals surface area contributed by atoms with Crippen molar-refractivity contribution in [3.05, 3.63) is 20.8 Å². The maximum absolute atomic E-state index is 11.0. The zero-order valence-electron chi connectivity index (χ0n) is 6.58. The van der Waals surface area contributed by atoms with E-state index in [0.29, 0.717) is 0 Å². The van der Waals surface area contributed by atoms with E-state index in [1.807, 2.05) is 0 Å². The van der Waals surface area contributed by atoms with Gasteiger partial charge in [0.25, 0.3) is 0 Å². The Hall–Kier alpha value is 1.79. The van der Waals surface area contributed by atoms with Crippen LogP contribution in [0.1, 0.15) is 0 Å². The van der Waals surface area contributed by atoms with Crippen LogP contribution in [0.25, 0.3) is 0 Å². The van der Waals surface area contributed by atoms with E-state index in [1.165, 1.54) is 0 Å². The number of hydroxylamine groups is 2. The van der Waals surface area contributed by atoms with E-state index in [0.717, 1.165) is 7.05 Å². The molecule has 13 heteroatoms. The zero-order valence-corrected chi connectivity index (χ0v) is 13.1. The van der Waals surface area contributed by atoms with Gasteiger partial charge in [-0.15, -0.1) is 0 Å². The Morgan fingerprint density at radius 3 is 2.57 bits per heavy atom. The SMILES string of the molecule is C[NH+]([O-])O[NH+]([O-])[I-]I1[I-][NH+]([O-])O[NH+]1[O-]. The van der Waals surface area contributed by atoms with Gasteiger partial charge in [-0.3, -0.25) is 0 Å². The third kappa shape index (κ3) is 4.75. The first kappa shape index (κ1) is 13.9. The average molecular weight is 552 g/mol. The van der Waals surface area contributed by atoms with E-state index in [-0.39, 0.29) is 0 Å². The Labute approximate surface area is 99.2 Å². The van der Waals surface area contributed by atoms with E-state index >= 15 is 0 Å². The molecule has 1 aliphatic heterocycles. The first-order chi connectivity index (χ1) is 6.49. The van der Waals surface area contributed by atoms with Gasteiger partial charge in [-0.1, -0.05) is 0 Å². The number of quaternary nitrogens is 4. The van der Waals surface area contributed by atoms with Crippen molar-refractivity contribution in [3.63, 3.8) is 0 Å². The fourth-order valence-corrected chi connectivity index (χ4v) is 26.6. The number of nitrogens with one attached hydrogen (secondary N) is 4. The molecule has 0 aliphatic carbocycles. The van der Waals surface area contributed by atoms with Crippen LogP contribution >= 0.6 is 12.1 Å². The summed E-state index contributed by atoms with van der Waals surface area (Å²) in [6.07, 6.45) is 0. The van der Waals surface area contributed by atoms with Gasteiger partial charge in [-0.2, -0.15) is 0 Å². The monoisotopic (exact) mass is 552 g/mol. The summed E-state index contributed by atoms with van der Waals surface area (Å²) in [7, 11) is 1.12. The second-order valence-corrected chi connectivity index (χ2v) is 33.2. The van der Waals surface area contributed by atoms with Gasteiger partial charge in [0.05, 0.1) is 0 Å². The number of hydrogen-bond donors (Lipinski definition) is 4. The van der Waals surface area contributed by atoms with Crippen LogP contribution in [0.2, 0.25) is 0 Å². The van der Waals surface area contributed by atoms with E-state index in [1.54, 1.807) is 0 Å². The molecule has 1 heterocycles. The van der Waals surface area contributed by atoms with Crippen molar-refractivity contribution in [3.8, 4) is 0 Å². The van der Waals surface area contributed by atoms with Crippen LogP contribution in [0, 0.1) is 20.8 Å². The van der Waals surface area contributed by atoms with Gasteiger partial charge in [0.2, 0.25) is 0 Å². The van der Waals surface area contributed by atoms with Crippen LogP contribution < -0.4 is 50.6 Å². The minimum absolute atomic E-state index is 0.450. The third-order valence-electron chi connectivity index (χ3n) is 0.743. The fraction of sp³-hybridized carbons (Fsp3) is 1.00. The molecule has 14 heavy (non-hydrogen) atoms. The van der Waals surface area contributed by atoms with Crippen molar-refractivity contribution in [1.82, 2.24) is 0 Å². The fourth-order valence-electron chi connectivity index (χ4n) is 0.409. The summed E-state index contributed by atoms with van der Waals surface area (Å²) in [4.78, 5) is 8.66. The Bertz CT molecular complexity index is 184. The van der Waals surface area contributed by atoms with Gasteiger partial charge in [0.15, 0.2) is 0 Å². The molecular weight excluding hydrogens is 545 g/mol. The molecule has 0 aromatic heterocycles. The quantitative estimate of drug-likeness (QED) is 0.119. The predicted molar refractivity (Wildman–Crippen MR) is 39.4 cm³/mol. The topological polar surface area (TPSA) is 128 Å². The molecule has 10 nitrogen and oxygen atoms in total. The van der Waals surface area contributed by atoms with Gasteiger partial charge >= 0.3 is 100 Å². The normalized spacial score (nSPS) is 35.4. The molecule has 0 radical (unpaired) electrons. The number of hydrogen-bond acceptors (Lipinski definition) is 6. The summed E-state index contributed by atoms with van der Waals surface area (Å²) in [5.41, 5.74) is 0. The van der Waals surface area contributed by atoms with E-state index in [2.05, 4.69) is 9.88 Å². The van der Waals surface area contributed by atoms with Crippen LogP contribution in [0.4, 0.5) is 0 Å². The molecule has 1 aliphatic rings. The molecule has 0 bridgehead atoms. The van der Waals surface area contributed by atoms with E-state index in [4.69, 9.17) is 0 Å². The summed E-state index contributed by atoms with van der Waals surface area (Å²) in [5, 5.41) is 42.4. The molecule has 0 spiro atoms. The van der Waals surface area contributed by atoms with Gasteiger partial charge in [0, 0.05) is 0 Å². The van der Waals surface area contributed by atoms with Crippen molar-refractivity contribution in [2.75, 3.05) is 7.05 Å². The van der Waals surface area contributed by atoms with Crippen LogP contribution in [0.15, 0.2) is 0 Å². The van der Waals surface area contributed by atoms with Crippen molar-refractivity contribution in [1.29, 1.82) is 0 Å². The first-order valence-electron chi connectivity index (χ1n) is 2.99. The molecule has 4 N–H and O–H groups in total. The Morgan fingerprint density at radius 1 is 1.50 bits per heavy atom. The van der Waals surface area contributed by atoms with E-state index < -0.39 is 62.7 Å². The van der Waals surface area contributed by atoms with Gasteiger partial charge < -0.3 is 0 Å². The van der Waals surface area contributed by atoms with Crippen LogP contribution in [-0.4, -0.2) is 7.05 Å². The second kappa shape index (κ2) is 6.51. The molecule has 1 fully saturated rings. The molecule has 1 rings (SSSR count). The second-order valence-electron chi connectivity index (χ2n) is 1.75. The van der Waals surface area contributed by atoms with Crippen molar-refractivity contribution in [2.24, 2.45) is 0 Å². The Morgan fingerprint density at radius 2 is 2.14 bits per heavy atom. The van der Waals surface area contributed by atoms with Crippen molar-refractivity contribution < 1.29 is 60.4 Å². The molecule has 0 saturated carbocycles.